The van der Waals surface area contributed by atoms with E-state index in [9.17, 15) is 4.79 Å². The van der Waals surface area contributed by atoms with Crippen molar-refractivity contribution >= 4 is 13.9 Å². The Morgan fingerprint density at radius 1 is 1.00 bits per heavy atom. The molecule has 0 atom stereocenters. The molecule has 0 spiro atoms. The van der Waals surface area contributed by atoms with Crippen LogP contribution in [0.3, 0.4) is 0 Å². The lowest BCUT2D eigenvalue weighted by molar-refractivity contribution is -0.108. The van der Waals surface area contributed by atoms with E-state index in [1.54, 1.807) is 0 Å². The fraction of sp³-hybridized carbons (Fsp3) is 0.667. The zero-order chi connectivity index (χ0) is 13.5. The molecule has 0 aromatic heterocycles. The summed E-state index contributed by atoms with van der Waals surface area (Å²) in [5.41, 5.74) is 3.12. The molecule has 0 fully saturated rings. The molecular formula is C15H24OSi. The van der Waals surface area contributed by atoms with E-state index in [2.05, 4.69) is 44.1 Å². The van der Waals surface area contributed by atoms with Crippen LogP contribution in [0.4, 0.5) is 0 Å². The number of hydrogen-bond acceptors (Lipinski definition) is 1. The second-order valence-corrected chi connectivity index (χ2v) is 10.4. The molecule has 0 aliphatic carbocycles. The van der Waals surface area contributed by atoms with Crippen LogP contribution in [0.1, 0.15) is 41.5 Å². The van der Waals surface area contributed by atoms with Gasteiger partial charge in [0.1, 0.15) is 8.07 Å². The molecule has 0 heterocycles. The average Bonchev–Trinajstić information content (AvgIpc) is 2.28. The van der Waals surface area contributed by atoms with Crippen LogP contribution in [0.5, 0.6) is 0 Å². The van der Waals surface area contributed by atoms with Crippen LogP contribution in [0.25, 0.3) is 0 Å². The zero-order valence-corrected chi connectivity index (χ0v) is 13.0. The first kappa shape index (κ1) is 16.0. The highest BCUT2D eigenvalue weighted by atomic mass is 28.3. The fourth-order valence-electron chi connectivity index (χ4n) is 1.48. The standard InChI is InChI=1S/C15H24OSi/c1-7-17(8-2,9-3)13-11-14(16)10-12-15(4,5)6/h7-9H2,1-6H3. The van der Waals surface area contributed by atoms with Gasteiger partial charge in [-0.3, -0.25) is 4.79 Å². The van der Waals surface area contributed by atoms with Crippen LogP contribution in [-0.2, 0) is 4.79 Å². The first-order valence-corrected chi connectivity index (χ1v) is 9.01. The van der Waals surface area contributed by atoms with Crippen molar-refractivity contribution in [2.45, 2.75) is 59.7 Å². The number of carbonyl (C=O) groups is 1. The summed E-state index contributed by atoms with van der Waals surface area (Å²) in [7, 11) is -1.50. The van der Waals surface area contributed by atoms with Crippen LogP contribution in [0.15, 0.2) is 0 Å². The Bertz CT molecular complexity index is 367. The van der Waals surface area contributed by atoms with Crippen molar-refractivity contribution in [3.8, 4) is 23.3 Å². The lowest BCUT2D eigenvalue weighted by atomic mass is 9.98. The second-order valence-electron chi connectivity index (χ2n) is 5.42. The minimum Gasteiger partial charge on any atom is -0.270 e. The van der Waals surface area contributed by atoms with Gasteiger partial charge in [-0.25, -0.2) is 0 Å². The molecule has 94 valence electrons. The fourth-order valence-corrected chi connectivity index (χ4v) is 3.89. The average molecular weight is 248 g/mol. The zero-order valence-electron chi connectivity index (χ0n) is 12.0. The van der Waals surface area contributed by atoms with Gasteiger partial charge in [-0.15, -0.1) is 5.54 Å². The number of hydrogen-bond donors (Lipinski definition) is 0. The molecule has 0 aromatic rings. The molecule has 0 bridgehead atoms. The van der Waals surface area contributed by atoms with Gasteiger partial charge < -0.3 is 0 Å². The summed E-state index contributed by atoms with van der Waals surface area (Å²) < 4.78 is 0. The topological polar surface area (TPSA) is 17.1 Å². The van der Waals surface area contributed by atoms with Gasteiger partial charge in [0.05, 0.1) is 0 Å². The van der Waals surface area contributed by atoms with Crippen LogP contribution in [0.2, 0.25) is 18.1 Å². The van der Waals surface area contributed by atoms with Crippen LogP contribution >= 0.6 is 0 Å². The van der Waals surface area contributed by atoms with Crippen molar-refractivity contribution in [1.29, 1.82) is 0 Å². The maximum atomic E-state index is 11.6. The van der Waals surface area contributed by atoms with E-state index in [1.807, 2.05) is 20.8 Å². The molecule has 0 saturated heterocycles. The third-order valence-corrected chi connectivity index (χ3v) is 7.74. The van der Waals surface area contributed by atoms with E-state index in [0.717, 1.165) is 18.1 Å². The first-order valence-electron chi connectivity index (χ1n) is 6.39. The molecular weight excluding hydrogens is 224 g/mol. The highest BCUT2D eigenvalue weighted by Crippen LogP contribution is 2.18. The SMILES string of the molecule is CC[Si](C#CC(=O)C#CC(C)(C)C)(CC)CC. The van der Waals surface area contributed by atoms with Gasteiger partial charge in [-0.05, 0) is 50.7 Å². The molecule has 0 aromatic carbocycles. The summed E-state index contributed by atoms with van der Waals surface area (Å²) >= 11 is 0. The van der Waals surface area contributed by atoms with Gasteiger partial charge in [0.2, 0.25) is 0 Å². The molecule has 0 N–H and O–H groups in total. The number of Topliss-reactive ketones (excluding diaryl/α,β-unsaturated/α-hetero) is 1. The van der Waals surface area contributed by atoms with Crippen LogP contribution in [0, 0.1) is 28.7 Å². The highest BCUT2D eigenvalue weighted by molar-refractivity contribution is 6.87. The Morgan fingerprint density at radius 2 is 1.47 bits per heavy atom. The van der Waals surface area contributed by atoms with Crippen molar-refractivity contribution in [2.75, 3.05) is 0 Å². The summed E-state index contributed by atoms with van der Waals surface area (Å²) in [6.07, 6.45) is 0. The van der Waals surface area contributed by atoms with Crippen LogP contribution < -0.4 is 0 Å². The van der Waals surface area contributed by atoms with Crippen LogP contribution in [-0.4, -0.2) is 13.9 Å². The minimum absolute atomic E-state index is 0.133. The predicted octanol–water partition coefficient (Wildman–Crippen LogP) is 3.66. The predicted molar refractivity (Wildman–Crippen MR) is 77.2 cm³/mol. The van der Waals surface area contributed by atoms with E-state index in [4.69, 9.17) is 0 Å². The van der Waals surface area contributed by atoms with Crippen molar-refractivity contribution in [1.82, 2.24) is 0 Å². The molecule has 0 rings (SSSR count). The normalized spacial score (nSPS) is 10.9. The van der Waals surface area contributed by atoms with Crippen molar-refractivity contribution in [3.05, 3.63) is 0 Å². The van der Waals surface area contributed by atoms with Gasteiger partial charge in [-0.1, -0.05) is 26.7 Å². The Morgan fingerprint density at radius 3 is 1.82 bits per heavy atom. The highest BCUT2D eigenvalue weighted by Gasteiger charge is 2.24. The van der Waals surface area contributed by atoms with E-state index >= 15 is 0 Å². The summed E-state index contributed by atoms with van der Waals surface area (Å²) in [4.78, 5) is 11.6. The third kappa shape index (κ3) is 6.34. The van der Waals surface area contributed by atoms with E-state index < -0.39 is 8.07 Å². The molecule has 17 heavy (non-hydrogen) atoms. The molecule has 1 nitrogen and oxygen atoms in total. The summed E-state index contributed by atoms with van der Waals surface area (Å²) in [5, 5.41) is 0. The molecule has 0 amide bonds. The molecule has 0 saturated carbocycles. The smallest absolute Gasteiger partial charge is 0.270 e. The second kappa shape index (κ2) is 6.67. The number of ketones is 1. The van der Waals surface area contributed by atoms with E-state index in [-0.39, 0.29) is 11.2 Å². The molecule has 0 aliphatic rings. The van der Waals surface area contributed by atoms with Gasteiger partial charge >= 0.3 is 0 Å². The number of carbonyl (C=O) groups excluding carboxylic acids is 1. The first-order chi connectivity index (χ1) is 7.78. The van der Waals surface area contributed by atoms with Gasteiger partial charge in [0.15, 0.2) is 0 Å². The van der Waals surface area contributed by atoms with Gasteiger partial charge in [-0.2, -0.15) is 0 Å². The van der Waals surface area contributed by atoms with Crippen molar-refractivity contribution < 1.29 is 4.79 Å². The summed E-state index contributed by atoms with van der Waals surface area (Å²) in [5.74, 6) is 8.07. The molecule has 0 aliphatic heterocycles. The lowest BCUT2D eigenvalue weighted by Crippen LogP contribution is -2.29. The Balaban J connectivity index is 4.84. The molecule has 0 unspecified atom stereocenters. The summed E-state index contributed by atoms with van der Waals surface area (Å²) in [6, 6.07) is 3.35. The largest absolute Gasteiger partial charge is 0.278 e. The summed E-state index contributed by atoms with van der Waals surface area (Å²) in [6.45, 7) is 12.5. The Hall–Kier alpha value is -0.993. The monoisotopic (exact) mass is 248 g/mol. The molecule has 0 radical (unpaired) electrons. The Kier molecular flexibility index (Phi) is 6.28. The molecule has 2 heteroatoms. The van der Waals surface area contributed by atoms with E-state index in [1.165, 1.54) is 0 Å². The van der Waals surface area contributed by atoms with E-state index in [0.29, 0.717) is 0 Å². The van der Waals surface area contributed by atoms with Gasteiger partial charge in [0.25, 0.3) is 5.78 Å². The van der Waals surface area contributed by atoms with Crippen molar-refractivity contribution in [3.63, 3.8) is 0 Å². The third-order valence-electron chi connectivity index (χ3n) is 3.02. The van der Waals surface area contributed by atoms with Crippen molar-refractivity contribution in [2.24, 2.45) is 5.41 Å². The minimum atomic E-state index is -1.50. The van der Waals surface area contributed by atoms with Gasteiger partial charge in [0, 0.05) is 5.41 Å². The lowest BCUT2D eigenvalue weighted by Gasteiger charge is -2.19. The maximum absolute atomic E-state index is 11.6. The quantitative estimate of drug-likeness (QED) is 0.423. The Labute approximate surface area is 107 Å². The number of rotatable bonds is 3. The maximum Gasteiger partial charge on any atom is 0.278 e.